The molecule has 0 saturated heterocycles. The summed E-state index contributed by atoms with van der Waals surface area (Å²) in [6.45, 7) is 3.69. The molecule has 0 radical (unpaired) electrons. The van der Waals surface area contributed by atoms with Crippen LogP contribution in [0.5, 0.6) is 0 Å². The zero-order valence-electron chi connectivity index (χ0n) is 14.7. The number of thioether (sulfide) groups is 1. The predicted molar refractivity (Wildman–Crippen MR) is 109 cm³/mol. The van der Waals surface area contributed by atoms with Gasteiger partial charge < -0.3 is 10.6 Å². The molecule has 0 saturated carbocycles. The Labute approximate surface area is 165 Å². The molecule has 2 aliphatic heterocycles. The van der Waals surface area contributed by atoms with Crippen molar-refractivity contribution in [3.05, 3.63) is 82.4 Å². The molecular weight excluding hydrogens is 378 g/mol. The number of rotatable bonds is 4. The number of anilines is 1. The van der Waals surface area contributed by atoms with Gasteiger partial charge in [0.15, 0.2) is 11.2 Å². The van der Waals surface area contributed by atoms with Crippen molar-refractivity contribution in [3.63, 3.8) is 0 Å². The maximum absolute atomic E-state index is 12.9. The number of carbonyl (C=O) groups is 1. The summed E-state index contributed by atoms with van der Waals surface area (Å²) in [7, 11) is 0. The van der Waals surface area contributed by atoms with Crippen molar-refractivity contribution in [2.24, 2.45) is 5.10 Å². The standard InChI is InChI=1S/C19H17N5O3S/c1-2-11-28-19-21-18(25)16-14-5-3-4-6-15(14)20-17(23(16)22-19)12-7-9-13(10-8-12)24(26)27/h2-10,16-17,20H,1,11H2,(H,21,22,25)/t16-,17+/m1/s1. The van der Waals surface area contributed by atoms with Gasteiger partial charge in [0, 0.05) is 29.1 Å². The Morgan fingerprint density at radius 3 is 2.71 bits per heavy atom. The highest BCUT2D eigenvalue weighted by atomic mass is 32.2. The lowest BCUT2D eigenvalue weighted by atomic mass is 9.97. The number of nitrogens with zero attached hydrogens (tertiary/aromatic N) is 3. The van der Waals surface area contributed by atoms with Gasteiger partial charge in [0.25, 0.3) is 11.6 Å². The normalized spacial score (nSPS) is 20.2. The van der Waals surface area contributed by atoms with Crippen LogP contribution in [0.25, 0.3) is 0 Å². The average Bonchev–Trinajstić information content (AvgIpc) is 2.71. The molecule has 28 heavy (non-hydrogen) atoms. The third-order valence-corrected chi connectivity index (χ3v) is 5.38. The minimum Gasteiger partial charge on any atom is -0.360 e. The highest BCUT2D eigenvalue weighted by Crippen LogP contribution is 2.42. The molecule has 2 N–H and O–H groups in total. The maximum atomic E-state index is 12.9. The number of nitrogens with one attached hydrogen (secondary N) is 2. The third-order valence-electron chi connectivity index (χ3n) is 4.52. The summed E-state index contributed by atoms with van der Waals surface area (Å²) in [5.41, 5.74) is 2.45. The van der Waals surface area contributed by atoms with Crippen molar-refractivity contribution in [1.29, 1.82) is 0 Å². The Morgan fingerprint density at radius 2 is 2.00 bits per heavy atom. The highest BCUT2D eigenvalue weighted by Gasteiger charge is 2.41. The lowest BCUT2D eigenvalue weighted by Gasteiger charge is -2.43. The average molecular weight is 395 g/mol. The molecule has 0 unspecified atom stereocenters. The van der Waals surface area contributed by atoms with Crippen molar-refractivity contribution in [3.8, 4) is 0 Å². The number of carbonyl (C=O) groups excluding carboxylic acids is 1. The van der Waals surface area contributed by atoms with Crippen LogP contribution in [0.4, 0.5) is 11.4 Å². The molecule has 0 bridgehead atoms. The second kappa shape index (κ2) is 7.35. The number of para-hydroxylation sites is 1. The van der Waals surface area contributed by atoms with Gasteiger partial charge in [-0.15, -0.1) is 11.7 Å². The SMILES string of the molecule is C=CCSC1=NN2[C@@H](c3ccc([N+](=O)[O-])cc3)Nc3ccccc3[C@@H]2C(=O)N1. The fraction of sp³-hybridized carbons (Fsp3) is 0.158. The van der Waals surface area contributed by atoms with E-state index in [0.29, 0.717) is 10.9 Å². The van der Waals surface area contributed by atoms with Gasteiger partial charge in [-0.05, 0) is 23.8 Å². The molecule has 2 atom stereocenters. The van der Waals surface area contributed by atoms with Crippen LogP contribution in [-0.4, -0.2) is 26.8 Å². The van der Waals surface area contributed by atoms with Gasteiger partial charge in [0.1, 0.15) is 6.17 Å². The van der Waals surface area contributed by atoms with Crippen molar-refractivity contribution in [2.45, 2.75) is 12.2 Å². The number of amidine groups is 1. The monoisotopic (exact) mass is 395 g/mol. The van der Waals surface area contributed by atoms with Crippen molar-refractivity contribution in [1.82, 2.24) is 10.3 Å². The topological polar surface area (TPSA) is 99.9 Å². The summed E-state index contributed by atoms with van der Waals surface area (Å²) in [6, 6.07) is 13.2. The fourth-order valence-electron chi connectivity index (χ4n) is 3.27. The van der Waals surface area contributed by atoms with Crippen molar-refractivity contribution < 1.29 is 9.72 Å². The van der Waals surface area contributed by atoms with E-state index in [4.69, 9.17) is 0 Å². The number of non-ortho nitro benzene ring substituents is 1. The van der Waals surface area contributed by atoms with Crippen molar-refractivity contribution in [2.75, 3.05) is 11.1 Å². The van der Waals surface area contributed by atoms with Crippen LogP contribution in [0, 0.1) is 10.1 Å². The van der Waals surface area contributed by atoms with Gasteiger partial charge in [-0.2, -0.15) is 0 Å². The minimum absolute atomic E-state index is 0.0126. The first-order valence-electron chi connectivity index (χ1n) is 8.60. The molecule has 2 aromatic carbocycles. The Balaban J connectivity index is 1.77. The van der Waals surface area contributed by atoms with Gasteiger partial charge in [-0.1, -0.05) is 36.0 Å². The number of fused-ring (bicyclic) bond motifs is 3. The number of hydrogen-bond donors (Lipinski definition) is 2. The first kappa shape index (κ1) is 18.1. The largest absolute Gasteiger partial charge is 0.360 e. The summed E-state index contributed by atoms with van der Waals surface area (Å²) in [4.78, 5) is 23.4. The fourth-order valence-corrected chi connectivity index (χ4v) is 3.87. The van der Waals surface area contributed by atoms with E-state index in [2.05, 4.69) is 22.3 Å². The number of benzene rings is 2. The van der Waals surface area contributed by atoms with Crippen LogP contribution in [0.2, 0.25) is 0 Å². The molecule has 2 heterocycles. The lowest BCUT2D eigenvalue weighted by Crippen LogP contribution is -2.50. The Bertz CT molecular complexity index is 976. The number of hydrazone groups is 1. The van der Waals surface area contributed by atoms with E-state index < -0.39 is 17.1 Å². The maximum Gasteiger partial charge on any atom is 0.269 e. The molecule has 0 spiro atoms. The molecule has 0 fully saturated rings. The smallest absolute Gasteiger partial charge is 0.269 e. The van der Waals surface area contributed by atoms with E-state index in [1.807, 2.05) is 24.3 Å². The first-order valence-corrected chi connectivity index (χ1v) is 9.58. The van der Waals surface area contributed by atoms with Crippen LogP contribution in [0.15, 0.2) is 66.3 Å². The molecule has 0 aromatic heterocycles. The zero-order chi connectivity index (χ0) is 19.7. The van der Waals surface area contributed by atoms with E-state index in [-0.39, 0.29) is 11.6 Å². The summed E-state index contributed by atoms with van der Waals surface area (Å²) < 4.78 is 0. The predicted octanol–water partition coefficient (Wildman–Crippen LogP) is 3.38. The highest BCUT2D eigenvalue weighted by molar-refractivity contribution is 8.14. The summed E-state index contributed by atoms with van der Waals surface area (Å²) in [5, 5.41) is 24.1. The van der Waals surface area contributed by atoms with Gasteiger partial charge in [0.2, 0.25) is 0 Å². The Morgan fingerprint density at radius 1 is 1.25 bits per heavy atom. The van der Waals surface area contributed by atoms with E-state index in [0.717, 1.165) is 16.8 Å². The van der Waals surface area contributed by atoms with Crippen molar-refractivity contribution >= 4 is 34.2 Å². The van der Waals surface area contributed by atoms with Crippen LogP contribution in [-0.2, 0) is 4.79 Å². The van der Waals surface area contributed by atoms with Crippen LogP contribution >= 0.6 is 11.8 Å². The number of hydrogen-bond acceptors (Lipinski definition) is 7. The van der Waals surface area contributed by atoms with E-state index in [1.54, 1.807) is 23.2 Å². The molecule has 8 nitrogen and oxygen atoms in total. The Kier molecular flexibility index (Phi) is 4.74. The van der Waals surface area contributed by atoms with E-state index in [9.17, 15) is 14.9 Å². The molecule has 0 aliphatic carbocycles. The summed E-state index contributed by atoms with van der Waals surface area (Å²) in [6.07, 6.45) is 1.30. The van der Waals surface area contributed by atoms with Gasteiger partial charge >= 0.3 is 0 Å². The number of nitro groups is 1. The summed E-state index contributed by atoms with van der Waals surface area (Å²) >= 11 is 1.38. The molecule has 142 valence electrons. The molecule has 2 aliphatic rings. The molecule has 2 aromatic rings. The second-order valence-electron chi connectivity index (χ2n) is 6.26. The lowest BCUT2D eigenvalue weighted by molar-refractivity contribution is -0.384. The van der Waals surface area contributed by atoms with Crippen LogP contribution in [0.1, 0.15) is 23.3 Å². The number of amides is 1. The van der Waals surface area contributed by atoms with Gasteiger partial charge in [0.05, 0.1) is 4.92 Å². The van der Waals surface area contributed by atoms with Gasteiger partial charge in [-0.25, -0.2) is 0 Å². The second-order valence-corrected chi connectivity index (χ2v) is 7.27. The molecule has 4 rings (SSSR count). The minimum atomic E-state index is -0.592. The van der Waals surface area contributed by atoms with Gasteiger partial charge in [-0.3, -0.25) is 19.9 Å². The van der Waals surface area contributed by atoms with E-state index in [1.165, 1.54) is 23.9 Å². The summed E-state index contributed by atoms with van der Waals surface area (Å²) in [5.74, 6) is 0.450. The number of nitro benzene ring substituents is 1. The van der Waals surface area contributed by atoms with Crippen LogP contribution < -0.4 is 10.6 Å². The first-order chi connectivity index (χ1) is 13.6. The zero-order valence-corrected chi connectivity index (χ0v) is 15.6. The molecule has 9 heteroatoms. The Hall–Kier alpha value is -3.33. The molecule has 1 amide bonds. The third kappa shape index (κ3) is 3.20. The van der Waals surface area contributed by atoms with E-state index >= 15 is 0 Å². The van der Waals surface area contributed by atoms with Crippen LogP contribution in [0.3, 0.4) is 0 Å². The molecular formula is C19H17N5O3S. The quantitative estimate of drug-likeness (QED) is 0.468.